The van der Waals surface area contributed by atoms with Crippen LogP contribution in [-0.2, 0) is 9.08 Å². The van der Waals surface area contributed by atoms with Gasteiger partial charge in [-0.15, -0.1) is 11.6 Å². The fourth-order valence-electron chi connectivity index (χ4n) is 3.49. The Balaban J connectivity index is 2.75. The number of alkyl halides is 3. The van der Waals surface area contributed by atoms with Gasteiger partial charge in [0.2, 0.25) is 0 Å². The molecule has 1 aliphatic heterocycles. The number of rotatable bonds is 3. The molecule has 0 radical (unpaired) electrons. The van der Waals surface area contributed by atoms with E-state index in [9.17, 15) is 0 Å². The standard InChI is InChI=1S/C15H20ClI2N/c1-10-5-6-11(2)13-12(10)14(3,4)19(8-7-16)15(13,18)9-17/h5-6H,7-9H2,1-4H3. The summed E-state index contributed by atoms with van der Waals surface area (Å²) in [5.41, 5.74) is 5.86. The first-order valence-electron chi connectivity index (χ1n) is 6.50. The number of fused-ring (bicyclic) bond motifs is 1. The Kier molecular flexibility index (Phi) is 4.82. The Hall–Kier alpha value is 0.930. The molecule has 0 spiro atoms. The minimum atomic E-state index is 0.0483. The largest absolute Gasteiger partial charge is 0.274 e. The molecule has 4 heteroatoms. The molecule has 0 saturated carbocycles. The first kappa shape index (κ1) is 16.3. The van der Waals surface area contributed by atoms with E-state index in [1.807, 2.05) is 0 Å². The fourth-order valence-corrected chi connectivity index (χ4v) is 5.99. The summed E-state index contributed by atoms with van der Waals surface area (Å²) in [4.78, 5) is 2.57. The van der Waals surface area contributed by atoms with E-state index < -0.39 is 0 Å². The van der Waals surface area contributed by atoms with Gasteiger partial charge in [0, 0.05) is 22.4 Å². The molecule has 1 aromatic carbocycles. The molecule has 2 rings (SSSR count). The molecule has 0 N–H and O–H groups in total. The fraction of sp³-hybridized carbons (Fsp3) is 0.600. The Labute approximate surface area is 148 Å². The van der Waals surface area contributed by atoms with Crippen LogP contribution in [0, 0.1) is 13.8 Å². The molecule has 1 unspecified atom stereocenters. The number of nitrogens with zero attached hydrogens (tertiary/aromatic N) is 1. The van der Waals surface area contributed by atoms with Crippen LogP contribution in [0.2, 0.25) is 0 Å². The number of benzene rings is 1. The molecule has 0 aromatic heterocycles. The maximum atomic E-state index is 6.07. The van der Waals surface area contributed by atoms with Crippen LogP contribution < -0.4 is 0 Å². The van der Waals surface area contributed by atoms with Gasteiger partial charge in [-0.2, -0.15) is 0 Å². The zero-order valence-electron chi connectivity index (χ0n) is 11.9. The number of halogens is 3. The van der Waals surface area contributed by atoms with Gasteiger partial charge >= 0.3 is 0 Å². The summed E-state index contributed by atoms with van der Waals surface area (Å²) in [7, 11) is 0. The van der Waals surface area contributed by atoms with Gasteiger partial charge in [0.15, 0.2) is 0 Å². The molecule has 1 nitrogen and oxygen atoms in total. The van der Waals surface area contributed by atoms with E-state index in [0.717, 1.165) is 11.0 Å². The van der Waals surface area contributed by atoms with E-state index in [2.05, 4.69) is 89.9 Å². The normalized spacial score (nSPS) is 25.6. The lowest BCUT2D eigenvalue weighted by atomic mass is 9.87. The predicted octanol–water partition coefficient (Wildman–Crippen LogP) is 5.12. The van der Waals surface area contributed by atoms with Gasteiger partial charge in [-0.3, -0.25) is 4.90 Å². The van der Waals surface area contributed by atoms with E-state index in [-0.39, 0.29) is 9.08 Å². The first-order valence-corrected chi connectivity index (χ1v) is 9.64. The maximum Gasteiger partial charge on any atom is 0.109 e. The third kappa shape index (κ3) is 2.36. The molecule has 0 fully saturated rings. The van der Waals surface area contributed by atoms with E-state index in [4.69, 9.17) is 11.6 Å². The second-order valence-corrected chi connectivity index (χ2v) is 8.67. The van der Waals surface area contributed by atoms with Crippen molar-refractivity contribution in [3.05, 3.63) is 34.4 Å². The SMILES string of the molecule is Cc1ccc(C)c2c1C(C)(C)N(CCCl)C2(I)CI. The summed E-state index contributed by atoms with van der Waals surface area (Å²) in [6, 6.07) is 4.51. The zero-order valence-corrected chi connectivity index (χ0v) is 16.9. The second-order valence-electron chi connectivity index (χ2n) is 5.74. The highest BCUT2D eigenvalue weighted by atomic mass is 127. The molecule has 19 heavy (non-hydrogen) atoms. The molecule has 1 atom stereocenters. The molecule has 1 heterocycles. The van der Waals surface area contributed by atoms with Crippen LogP contribution in [0.1, 0.15) is 36.1 Å². The summed E-state index contributed by atoms with van der Waals surface area (Å²) < 4.78 is 1.13. The summed E-state index contributed by atoms with van der Waals surface area (Å²) in [6.07, 6.45) is 0. The van der Waals surface area contributed by atoms with Crippen LogP contribution in [0.25, 0.3) is 0 Å². The Bertz CT molecular complexity index is 501. The summed E-state index contributed by atoms with van der Waals surface area (Å²) in [5.74, 6) is 0.677. The molecule has 1 aromatic rings. The zero-order chi connectivity index (χ0) is 14.4. The van der Waals surface area contributed by atoms with Crippen molar-refractivity contribution in [2.75, 3.05) is 16.9 Å². The minimum absolute atomic E-state index is 0.0483. The van der Waals surface area contributed by atoms with Crippen molar-refractivity contribution in [3.8, 4) is 0 Å². The summed E-state index contributed by atoms with van der Waals surface area (Å²) in [5, 5.41) is 0. The highest BCUT2D eigenvalue weighted by Crippen LogP contribution is 2.55. The Morgan fingerprint density at radius 3 is 2.16 bits per heavy atom. The lowest BCUT2D eigenvalue weighted by molar-refractivity contribution is 0.105. The van der Waals surface area contributed by atoms with Crippen molar-refractivity contribution in [2.24, 2.45) is 0 Å². The van der Waals surface area contributed by atoms with Gasteiger partial charge in [0.25, 0.3) is 0 Å². The average Bonchev–Trinajstić information content (AvgIpc) is 2.54. The lowest BCUT2D eigenvalue weighted by Gasteiger charge is -2.40. The van der Waals surface area contributed by atoms with Gasteiger partial charge in [-0.1, -0.05) is 57.3 Å². The third-order valence-corrected chi connectivity index (χ3v) is 8.44. The van der Waals surface area contributed by atoms with Crippen molar-refractivity contribution < 1.29 is 0 Å². The van der Waals surface area contributed by atoms with Crippen molar-refractivity contribution >= 4 is 56.8 Å². The van der Waals surface area contributed by atoms with Gasteiger partial charge < -0.3 is 0 Å². The molecule has 0 aliphatic carbocycles. The van der Waals surface area contributed by atoms with Crippen LogP contribution in [0.5, 0.6) is 0 Å². The monoisotopic (exact) mass is 503 g/mol. The predicted molar refractivity (Wildman–Crippen MR) is 101 cm³/mol. The average molecular weight is 504 g/mol. The van der Waals surface area contributed by atoms with Crippen LogP contribution in [0.4, 0.5) is 0 Å². The van der Waals surface area contributed by atoms with Crippen molar-refractivity contribution in [3.63, 3.8) is 0 Å². The smallest absolute Gasteiger partial charge is 0.109 e. The first-order chi connectivity index (χ1) is 8.80. The van der Waals surface area contributed by atoms with Crippen molar-refractivity contribution in [1.29, 1.82) is 0 Å². The Morgan fingerprint density at radius 1 is 1.16 bits per heavy atom. The quantitative estimate of drug-likeness (QED) is 0.315. The van der Waals surface area contributed by atoms with Gasteiger partial charge in [-0.25, -0.2) is 0 Å². The molecule has 0 saturated heterocycles. The molecular weight excluding hydrogens is 483 g/mol. The minimum Gasteiger partial charge on any atom is -0.274 e. The number of hydrogen-bond acceptors (Lipinski definition) is 1. The second kappa shape index (κ2) is 5.61. The molecule has 0 bridgehead atoms. The highest BCUT2D eigenvalue weighted by molar-refractivity contribution is 14.1. The van der Waals surface area contributed by atoms with Crippen LogP contribution >= 0.6 is 56.8 Å². The third-order valence-electron chi connectivity index (χ3n) is 4.20. The van der Waals surface area contributed by atoms with Gasteiger partial charge in [-0.05, 0) is 49.9 Å². The highest BCUT2D eigenvalue weighted by Gasteiger charge is 2.53. The van der Waals surface area contributed by atoms with E-state index >= 15 is 0 Å². The van der Waals surface area contributed by atoms with Crippen LogP contribution in [-0.4, -0.2) is 21.8 Å². The van der Waals surface area contributed by atoms with E-state index in [1.54, 1.807) is 0 Å². The van der Waals surface area contributed by atoms with Crippen LogP contribution in [0.15, 0.2) is 12.1 Å². The number of hydrogen-bond donors (Lipinski definition) is 0. The number of aryl methyl sites for hydroxylation is 2. The summed E-state index contributed by atoms with van der Waals surface area (Å²) in [6.45, 7) is 10.1. The van der Waals surface area contributed by atoms with Crippen LogP contribution in [0.3, 0.4) is 0 Å². The van der Waals surface area contributed by atoms with Gasteiger partial charge in [0.05, 0.1) is 0 Å². The summed E-state index contributed by atoms with van der Waals surface area (Å²) >= 11 is 11.2. The van der Waals surface area contributed by atoms with Crippen molar-refractivity contribution in [2.45, 2.75) is 36.8 Å². The molecule has 0 amide bonds. The van der Waals surface area contributed by atoms with E-state index in [0.29, 0.717) is 5.88 Å². The van der Waals surface area contributed by atoms with E-state index in [1.165, 1.54) is 22.3 Å². The van der Waals surface area contributed by atoms with Crippen molar-refractivity contribution in [1.82, 2.24) is 4.90 Å². The van der Waals surface area contributed by atoms with Gasteiger partial charge in [0.1, 0.15) is 3.55 Å². The Morgan fingerprint density at radius 2 is 1.68 bits per heavy atom. The maximum absolute atomic E-state index is 6.07. The topological polar surface area (TPSA) is 3.24 Å². The lowest BCUT2D eigenvalue weighted by Crippen LogP contribution is -2.47. The molecular formula is C15H20ClI2N. The molecule has 106 valence electrons. The molecule has 1 aliphatic rings.